The van der Waals surface area contributed by atoms with Gasteiger partial charge in [0.2, 0.25) is 0 Å². The van der Waals surface area contributed by atoms with E-state index in [-0.39, 0.29) is 5.92 Å². The molecule has 16 heavy (non-hydrogen) atoms. The molecule has 1 rings (SSSR count). The Hall–Kier alpha value is -0.370. The predicted octanol–water partition coefficient (Wildman–Crippen LogP) is 2.97. The van der Waals surface area contributed by atoms with E-state index in [1.165, 1.54) is 0 Å². The van der Waals surface area contributed by atoms with Crippen LogP contribution in [0.3, 0.4) is 0 Å². The maximum absolute atomic E-state index is 11.6. The fourth-order valence-electron chi connectivity index (χ4n) is 2.20. The molecule has 0 amide bonds. The van der Waals surface area contributed by atoms with Gasteiger partial charge in [-0.1, -0.05) is 34.6 Å². The van der Waals surface area contributed by atoms with Gasteiger partial charge in [0.1, 0.15) is 5.78 Å². The van der Waals surface area contributed by atoms with E-state index in [0.29, 0.717) is 23.2 Å². The third kappa shape index (κ3) is 2.85. The van der Waals surface area contributed by atoms with Gasteiger partial charge in [0.25, 0.3) is 0 Å². The van der Waals surface area contributed by atoms with Gasteiger partial charge >= 0.3 is 0 Å². The van der Waals surface area contributed by atoms with Gasteiger partial charge in [-0.25, -0.2) is 0 Å². The normalized spacial score (nSPS) is 28.8. The number of carbonyl (C=O) groups is 1. The molecule has 0 bridgehead atoms. The molecular weight excluding hydrogens is 198 g/mol. The number of nitrogens with zero attached hydrogens (tertiary/aromatic N) is 1. The third-order valence-electron chi connectivity index (χ3n) is 4.63. The maximum atomic E-state index is 11.6. The molecule has 1 saturated heterocycles. The fourth-order valence-corrected chi connectivity index (χ4v) is 2.20. The molecule has 1 aliphatic heterocycles. The number of likely N-dealkylation sites (tertiary alicyclic amines) is 1. The van der Waals surface area contributed by atoms with Crippen molar-refractivity contribution >= 4 is 5.78 Å². The molecule has 0 aromatic carbocycles. The number of Topliss-reactive ketones (excluding diaryl/α,β-unsaturated/α-hetero) is 1. The molecule has 2 atom stereocenters. The van der Waals surface area contributed by atoms with E-state index >= 15 is 0 Å². The number of hydrogen-bond acceptors (Lipinski definition) is 2. The lowest BCUT2D eigenvalue weighted by Crippen LogP contribution is -2.50. The lowest BCUT2D eigenvalue weighted by atomic mass is 9.79. The molecule has 2 unspecified atom stereocenters. The van der Waals surface area contributed by atoms with Crippen LogP contribution in [0.25, 0.3) is 0 Å². The van der Waals surface area contributed by atoms with Crippen molar-refractivity contribution in [2.45, 2.75) is 54.0 Å². The largest absolute Gasteiger partial charge is 0.299 e. The Morgan fingerprint density at radius 1 is 1.38 bits per heavy atom. The highest BCUT2D eigenvalue weighted by atomic mass is 16.1. The second-order valence-corrected chi connectivity index (χ2v) is 6.36. The zero-order valence-corrected chi connectivity index (χ0v) is 11.7. The number of carbonyl (C=O) groups excluding carboxylic acids is 1. The van der Waals surface area contributed by atoms with Gasteiger partial charge < -0.3 is 0 Å². The predicted molar refractivity (Wildman–Crippen MR) is 68.4 cm³/mol. The van der Waals surface area contributed by atoms with Crippen LogP contribution < -0.4 is 0 Å². The highest BCUT2D eigenvalue weighted by Gasteiger charge is 2.34. The Morgan fingerprint density at radius 3 is 2.44 bits per heavy atom. The lowest BCUT2D eigenvalue weighted by molar-refractivity contribution is -0.128. The first-order chi connectivity index (χ1) is 7.25. The number of piperidine rings is 1. The summed E-state index contributed by atoms with van der Waals surface area (Å²) in [6.07, 6.45) is 0.736. The van der Waals surface area contributed by atoms with Gasteiger partial charge in [0.05, 0.1) is 0 Å². The van der Waals surface area contributed by atoms with Crippen LogP contribution >= 0.6 is 0 Å². The smallest absolute Gasteiger partial charge is 0.138 e. The first kappa shape index (κ1) is 13.7. The summed E-state index contributed by atoms with van der Waals surface area (Å²) in [6, 6.07) is 0.402. The van der Waals surface area contributed by atoms with E-state index in [9.17, 15) is 4.79 Å². The minimum Gasteiger partial charge on any atom is -0.299 e. The van der Waals surface area contributed by atoms with Crippen molar-refractivity contribution in [3.63, 3.8) is 0 Å². The molecule has 0 N–H and O–H groups in total. The molecule has 0 aromatic heterocycles. The van der Waals surface area contributed by atoms with E-state index in [4.69, 9.17) is 0 Å². The Kier molecular flexibility index (Phi) is 4.17. The monoisotopic (exact) mass is 225 g/mol. The van der Waals surface area contributed by atoms with Gasteiger partial charge in [0.15, 0.2) is 0 Å². The molecule has 2 heteroatoms. The molecule has 0 aliphatic carbocycles. The van der Waals surface area contributed by atoms with Gasteiger partial charge in [0, 0.05) is 31.5 Å². The average molecular weight is 225 g/mol. The van der Waals surface area contributed by atoms with Crippen molar-refractivity contribution in [2.24, 2.45) is 17.3 Å². The summed E-state index contributed by atoms with van der Waals surface area (Å²) in [5.74, 6) is 1.32. The van der Waals surface area contributed by atoms with Gasteiger partial charge in [-0.3, -0.25) is 9.69 Å². The number of ketones is 1. The summed E-state index contributed by atoms with van der Waals surface area (Å²) >= 11 is 0. The van der Waals surface area contributed by atoms with Gasteiger partial charge in [-0.15, -0.1) is 0 Å². The quantitative estimate of drug-likeness (QED) is 0.736. The zero-order chi connectivity index (χ0) is 12.5. The lowest BCUT2D eigenvalue weighted by Gasteiger charge is -2.43. The van der Waals surface area contributed by atoms with Crippen LogP contribution in [0.1, 0.15) is 48.0 Å². The van der Waals surface area contributed by atoms with Crippen LogP contribution in [0, 0.1) is 17.3 Å². The summed E-state index contributed by atoms with van der Waals surface area (Å²) in [5.41, 5.74) is 0.328. The Morgan fingerprint density at radius 2 is 1.94 bits per heavy atom. The van der Waals surface area contributed by atoms with Crippen molar-refractivity contribution in [1.82, 2.24) is 4.90 Å². The molecule has 94 valence electrons. The second-order valence-electron chi connectivity index (χ2n) is 6.36. The fraction of sp³-hybridized carbons (Fsp3) is 0.929. The average Bonchev–Trinajstić information content (AvgIpc) is 2.19. The zero-order valence-electron chi connectivity index (χ0n) is 11.7. The molecule has 2 nitrogen and oxygen atoms in total. The van der Waals surface area contributed by atoms with Crippen molar-refractivity contribution < 1.29 is 4.79 Å². The van der Waals surface area contributed by atoms with Gasteiger partial charge in [-0.05, 0) is 18.3 Å². The van der Waals surface area contributed by atoms with Crippen molar-refractivity contribution in [2.75, 3.05) is 13.1 Å². The van der Waals surface area contributed by atoms with Crippen LogP contribution in [0.2, 0.25) is 0 Å². The van der Waals surface area contributed by atoms with Crippen LogP contribution in [-0.4, -0.2) is 29.8 Å². The molecule has 1 aliphatic rings. The minimum absolute atomic E-state index is 0.205. The SMILES string of the molecule is CC1C(=O)CCN(CC(C)(C)C(C)C)C1C. The van der Waals surface area contributed by atoms with Crippen LogP contribution in [-0.2, 0) is 4.79 Å². The van der Waals surface area contributed by atoms with Gasteiger partial charge in [-0.2, -0.15) is 0 Å². The molecule has 1 fully saturated rings. The molecule has 1 heterocycles. The Labute approximate surface area is 100 Å². The van der Waals surface area contributed by atoms with Crippen LogP contribution in [0.4, 0.5) is 0 Å². The topological polar surface area (TPSA) is 20.3 Å². The summed E-state index contributed by atoms with van der Waals surface area (Å²) < 4.78 is 0. The van der Waals surface area contributed by atoms with E-state index in [1.54, 1.807) is 0 Å². The van der Waals surface area contributed by atoms with Crippen LogP contribution in [0.15, 0.2) is 0 Å². The van der Waals surface area contributed by atoms with E-state index < -0.39 is 0 Å². The molecular formula is C14H27NO. The van der Waals surface area contributed by atoms with E-state index in [2.05, 4.69) is 46.4 Å². The third-order valence-corrected chi connectivity index (χ3v) is 4.63. The standard InChI is InChI=1S/C14H27NO/c1-10(2)14(5,6)9-15-8-7-13(16)11(3)12(15)4/h10-12H,7-9H2,1-6H3. The first-order valence-electron chi connectivity index (χ1n) is 6.52. The summed E-state index contributed by atoms with van der Waals surface area (Å²) in [6.45, 7) is 15.5. The van der Waals surface area contributed by atoms with E-state index in [0.717, 1.165) is 19.5 Å². The molecule has 0 saturated carbocycles. The molecule has 0 radical (unpaired) electrons. The van der Waals surface area contributed by atoms with Crippen molar-refractivity contribution in [3.8, 4) is 0 Å². The Balaban J connectivity index is 2.65. The molecule has 0 aromatic rings. The first-order valence-corrected chi connectivity index (χ1v) is 6.52. The highest BCUT2D eigenvalue weighted by molar-refractivity contribution is 5.82. The Bertz CT molecular complexity index is 257. The van der Waals surface area contributed by atoms with Crippen LogP contribution in [0.5, 0.6) is 0 Å². The summed E-state index contributed by atoms with van der Waals surface area (Å²) in [4.78, 5) is 14.1. The number of rotatable bonds is 3. The highest BCUT2D eigenvalue weighted by Crippen LogP contribution is 2.30. The minimum atomic E-state index is 0.205. The molecule has 0 spiro atoms. The maximum Gasteiger partial charge on any atom is 0.138 e. The summed E-state index contributed by atoms with van der Waals surface area (Å²) in [5, 5.41) is 0. The van der Waals surface area contributed by atoms with Crippen molar-refractivity contribution in [3.05, 3.63) is 0 Å². The summed E-state index contributed by atoms with van der Waals surface area (Å²) in [7, 11) is 0. The second kappa shape index (κ2) is 4.87. The van der Waals surface area contributed by atoms with E-state index in [1.807, 2.05) is 0 Å². The number of hydrogen-bond donors (Lipinski definition) is 0. The van der Waals surface area contributed by atoms with Crippen molar-refractivity contribution in [1.29, 1.82) is 0 Å².